The van der Waals surface area contributed by atoms with Gasteiger partial charge in [0.25, 0.3) is 0 Å². The van der Waals surface area contributed by atoms with Crippen LogP contribution in [0.2, 0.25) is 0 Å². The molecular formula is C16H26FN3. The van der Waals surface area contributed by atoms with Crippen molar-refractivity contribution in [2.45, 2.75) is 52.2 Å². The SMILES string of the molecule is CCC(C)C1CN(Cc2cncc(F)c2)C(C)CCN1. The highest BCUT2D eigenvalue weighted by atomic mass is 19.1. The summed E-state index contributed by atoms with van der Waals surface area (Å²) in [7, 11) is 0. The summed E-state index contributed by atoms with van der Waals surface area (Å²) in [6.07, 6.45) is 5.35. The molecule has 4 heteroatoms. The summed E-state index contributed by atoms with van der Waals surface area (Å²) in [5.41, 5.74) is 0.960. The molecule has 0 spiro atoms. The summed E-state index contributed by atoms with van der Waals surface area (Å²) < 4.78 is 13.3. The predicted octanol–water partition coefficient (Wildman–Crippen LogP) is 2.82. The maximum Gasteiger partial charge on any atom is 0.141 e. The van der Waals surface area contributed by atoms with Crippen LogP contribution >= 0.6 is 0 Å². The lowest BCUT2D eigenvalue weighted by atomic mass is 9.98. The third-order valence-corrected chi connectivity index (χ3v) is 4.50. The normalized spacial score (nSPS) is 26.2. The van der Waals surface area contributed by atoms with Crippen LogP contribution in [0.4, 0.5) is 4.39 Å². The third kappa shape index (κ3) is 4.00. The molecule has 112 valence electrons. The number of pyridine rings is 1. The van der Waals surface area contributed by atoms with Gasteiger partial charge >= 0.3 is 0 Å². The quantitative estimate of drug-likeness (QED) is 0.918. The smallest absolute Gasteiger partial charge is 0.141 e. The highest BCUT2D eigenvalue weighted by Gasteiger charge is 2.25. The Labute approximate surface area is 121 Å². The molecule has 0 bridgehead atoms. The molecule has 0 aromatic carbocycles. The van der Waals surface area contributed by atoms with Gasteiger partial charge in [0, 0.05) is 31.4 Å². The number of halogens is 1. The second kappa shape index (κ2) is 7.14. The minimum absolute atomic E-state index is 0.249. The zero-order valence-corrected chi connectivity index (χ0v) is 12.8. The molecule has 20 heavy (non-hydrogen) atoms. The number of rotatable bonds is 4. The maximum atomic E-state index is 13.3. The molecule has 3 unspecified atom stereocenters. The van der Waals surface area contributed by atoms with Crippen molar-refractivity contribution in [2.24, 2.45) is 5.92 Å². The molecule has 1 N–H and O–H groups in total. The van der Waals surface area contributed by atoms with Crippen LogP contribution < -0.4 is 5.32 Å². The number of nitrogens with zero attached hydrogens (tertiary/aromatic N) is 2. The molecule has 3 atom stereocenters. The Morgan fingerprint density at radius 3 is 3.00 bits per heavy atom. The molecule has 0 saturated carbocycles. The molecule has 1 fully saturated rings. The molecule has 1 aliphatic heterocycles. The van der Waals surface area contributed by atoms with Gasteiger partial charge in [-0.25, -0.2) is 4.39 Å². The molecule has 1 saturated heterocycles. The maximum absolute atomic E-state index is 13.3. The van der Waals surface area contributed by atoms with Crippen LogP contribution in [0.3, 0.4) is 0 Å². The van der Waals surface area contributed by atoms with Crippen molar-refractivity contribution in [3.8, 4) is 0 Å². The van der Waals surface area contributed by atoms with Crippen molar-refractivity contribution in [1.29, 1.82) is 0 Å². The van der Waals surface area contributed by atoms with Crippen LogP contribution in [0.5, 0.6) is 0 Å². The van der Waals surface area contributed by atoms with Crippen molar-refractivity contribution in [2.75, 3.05) is 13.1 Å². The second-order valence-electron chi connectivity index (χ2n) is 6.02. The molecule has 3 nitrogen and oxygen atoms in total. The van der Waals surface area contributed by atoms with E-state index in [1.54, 1.807) is 12.3 Å². The van der Waals surface area contributed by atoms with E-state index < -0.39 is 0 Å². The van der Waals surface area contributed by atoms with Crippen LogP contribution in [0.15, 0.2) is 18.5 Å². The van der Waals surface area contributed by atoms with Gasteiger partial charge in [-0.1, -0.05) is 20.3 Å². The first-order valence-electron chi connectivity index (χ1n) is 7.67. The topological polar surface area (TPSA) is 28.2 Å². The van der Waals surface area contributed by atoms with E-state index in [-0.39, 0.29) is 5.82 Å². The second-order valence-corrected chi connectivity index (χ2v) is 6.02. The van der Waals surface area contributed by atoms with E-state index in [2.05, 4.69) is 36.0 Å². The molecule has 2 heterocycles. The number of hydrogen-bond acceptors (Lipinski definition) is 3. The van der Waals surface area contributed by atoms with E-state index in [0.29, 0.717) is 18.0 Å². The Bertz CT molecular complexity index is 424. The first-order chi connectivity index (χ1) is 9.60. The van der Waals surface area contributed by atoms with Crippen molar-refractivity contribution < 1.29 is 4.39 Å². The molecule has 0 radical (unpaired) electrons. The molecule has 0 amide bonds. The van der Waals surface area contributed by atoms with Crippen LogP contribution in [-0.2, 0) is 6.54 Å². The summed E-state index contributed by atoms with van der Waals surface area (Å²) in [4.78, 5) is 6.40. The average Bonchev–Trinajstić information content (AvgIpc) is 2.61. The lowest BCUT2D eigenvalue weighted by molar-refractivity contribution is 0.180. The minimum Gasteiger partial charge on any atom is -0.312 e. The number of aromatic nitrogens is 1. The van der Waals surface area contributed by atoms with Gasteiger partial charge in [-0.3, -0.25) is 9.88 Å². The fourth-order valence-electron chi connectivity index (χ4n) is 2.82. The molecule has 1 aromatic rings. The molecule has 0 aliphatic carbocycles. The van der Waals surface area contributed by atoms with E-state index in [1.165, 1.54) is 12.6 Å². The largest absolute Gasteiger partial charge is 0.312 e. The predicted molar refractivity (Wildman–Crippen MR) is 79.9 cm³/mol. The first kappa shape index (κ1) is 15.4. The van der Waals surface area contributed by atoms with Gasteiger partial charge in [-0.2, -0.15) is 0 Å². The van der Waals surface area contributed by atoms with Crippen LogP contribution in [-0.4, -0.2) is 35.1 Å². The zero-order valence-electron chi connectivity index (χ0n) is 12.8. The van der Waals surface area contributed by atoms with E-state index in [4.69, 9.17) is 0 Å². The van der Waals surface area contributed by atoms with Crippen LogP contribution in [0.1, 0.15) is 39.2 Å². The highest BCUT2D eigenvalue weighted by molar-refractivity contribution is 5.10. The first-order valence-corrected chi connectivity index (χ1v) is 7.67. The Hall–Kier alpha value is -1.00. The zero-order chi connectivity index (χ0) is 14.5. The Morgan fingerprint density at radius 1 is 1.50 bits per heavy atom. The fourth-order valence-corrected chi connectivity index (χ4v) is 2.82. The molecule has 1 aliphatic rings. The van der Waals surface area contributed by atoms with Gasteiger partial charge < -0.3 is 5.32 Å². The standard InChI is InChI=1S/C16H26FN3/c1-4-12(2)16-11-20(13(3)5-6-19-16)10-14-7-15(17)9-18-8-14/h7-9,12-13,16,19H,4-6,10-11H2,1-3H3. The summed E-state index contributed by atoms with van der Waals surface area (Å²) in [5, 5.41) is 3.66. The van der Waals surface area contributed by atoms with Crippen molar-refractivity contribution in [1.82, 2.24) is 15.2 Å². The third-order valence-electron chi connectivity index (χ3n) is 4.50. The van der Waals surface area contributed by atoms with Crippen LogP contribution in [0.25, 0.3) is 0 Å². The van der Waals surface area contributed by atoms with E-state index in [1.807, 2.05) is 0 Å². The molecule has 2 rings (SSSR count). The lowest BCUT2D eigenvalue weighted by Gasteiger charge is -2.31. The van der Waals surface area contributed by atoms with Gasteiger partial charge in [0.1, 0.15) is 5.82 Å². The molecule has 1 aromatic heterocycles. The van der Waals surface area contributed by atoms with E-state index >= 15 is 0 Å². The Kier molecular flexibility index (Phi) is 5.49. The summed E-state index contributed by atoms with van der Waals surface area (Å²) in [6.45, 7) is 9.66. The van der Waals surface area contributed by atoms with Gasteiger partial charge in [0.2, 0.25) is 0 Å². The van der Waals surface area contributed by atoms with E-state index in [0.717, 1.165) is 31.6 Å². The Balaban J connectivity index is 2.06. The van der Waals surface area contributed by atoms with Gasteiger partial charge in [0.15, 0.2) is 0 Å². The molecular weight excluding hydrogens is 253 g/mol. The van der Waals surface area contributed by atoms with E-state index in [9.17, 15) is 4.39 Å². The lowest BCUT2D eigenvalue weighted by Crippen LogP contribution is -2.43. The number of hydrogen-bond donors (Lipinski definition) is 1. The van der Waals surface area contributed by atoms with Gasteiger partial charge in [0.05, 0.1) is 6.20 Å². The monoisotopic (exact) mass is 279 g/mol. The summed E-state index contributed by atoms with van der Waals surface area (Å²) >= 11 is 0. The highest BCUT2D eigenvalue weighted by Crippen LogP contribution is 2.18. The number of nitrogens with one attached hydrogen (secondary N) is 1. The van der Waals surface area contributed by atoms with Crippen LogP contribution in [0, 0.1) is 11.7 Å². The Morgan fingerprint density at radius 2 is 2.30 bits per heavy atom. The summed E-state index contributed by atoms with van der Waals surface area (Å²) in [5.74, 6) is 0.412. The van der Waals surface area contributed by atoms with Crippen molar-refractivity contribution >= 4 is 0 Å². The van der Waals surface area contributed by atoms with Crippen molar-refractivity contribution in [3.63, 3.8) is 0 Å². The van der Waals surface area contributed by atoms with Gasteiger partial charge in [-0.15, -0.1) is 0 Å². The van der Waals surface area contributed by atoms with Gasteiger partial charge in [-0.05, 0) is 37.4 Å². The minimum atomic E-state index is -0.249. The fraction of sp³-hybridized carbons (Fsp3) is 0.688. The summed E-state index contributed by atoms with van der Waals surface area (Å²) in [6, 6.07) is 2.63. The van der Waals surface area contributed by atoms with Crippen molar-refractivity contribution in [3.05, 3.63) is 29.8 Å². The average molecular weight is 279 g/mol.